The molecule has 1 N–H and O–H groups in total. The number of aliphatic imine (C=N–C) groups is 1. The Morgan fingerprint density at radius 3 is 2.90 bits per heavy atom. The number of nitrogens with one attached hydrogen (secondary N) is 1. The summed E-state index contributed by atoms with van der Waals surface area (Å²) >= 11 is 0. The van der Waals surface area contributed by atoms with Gasteiger partial charge in [0.2, 0.25) is 0 Å². The standard InChI is InChI=1S/C23H28N6O/c1-17-5-6-20(18(2)13-17)21-16-28(11-12-30-21)23(24-3)26-15-19-7-9-25-22(14-19)29-10-4-8-27-29/h4-10,13-14,21H,11-12,15-16H2,1-3H3,(H,24,26). The lowest BCUT2D eigenvalue weighted by atomic mass is 10.00. The molecule has 0 saturated carbocycles. The van der Waals surface area contributed by atoms with Crippen LogP contribution >= 0.6 is 0 Å². The maximum atomic E-state index is 6.09. The Labute approximate surface area is 177 Å². The molecule has 0 spiro atoms. The first-order valence-corrected chi connectivity index (χ1v) is 10.2. The van der Waals surface area contributed by atoms with E-state index >= 15 is 0 Å². The van der Waals surface area contributed by atoms with Crippen molar-refractivity contribution >= 4 is 5.96 Å². The lowest BCUT2D eigenvalue weighted by Gasteiger charge is -2.36. The number of benzene rings is 1. The molecule has 7 nitrogen and oxygen atoms in total. The van der Waals surface area contributed by atoms with Crippen molar-refractivity contribution in [2.45, 2.75) is 26.5 Å². The second kappa shape index (κ2) is 9.09. The average molecular weight is 405 g/mol. The molecule has 1 unspecified atom stereocenters. The fourth-order valence-corrected chi connectivity index (χ4v) is 3.83. The summed E-state index contributed by atoms with van der Waals surface area (Å²) in [6.07, 6.45) is 5.49. The molecule has 1 fully saturated rings. The molecule has 1 atom stereocenters. The van der Waals surface area contributed by atoms with E-state index in [0.29, 0.717) is 13.2 Å². The van der Waals surface area contributed by atoms with Crippen molar-refractivity contribution in [3.8, 4) is 5.82 Å². The van der Waals surface area contributed by atoms with Crippen LogP contribution < -0.4 is 5.32 Å². The summed E-state index contributed by atoms with van der Waals surface area (Å²) in [4.78, 5) is 11.2. The normalized spacial score (nSPS) is 17.2. The van der Waals surface area contributed by atoms with E-state index in [2.05, 4.69) is 57.3 Å². The van der Waals surface area contributed by atoms with Crippen LogP contribution in [0.5, 0.6) is 0 Å². The number of ether oxygens (including phenoxy) is 1. The zero-order valence-electron chi connectivity index (χ0n) is 17.7. The molecule has 3 heterocycles. The lowest BCUT2D eigenvalue weighted by molar-refractivity contribution is -0.00834. The largest absolute Gasteiger partial charge is 0.370 e. The van der Waals surface area contributed by atoms with E-state index in [1.807, 2.05) is 37.6 Å². The Morgan fingerprint density at radius 1 is 1.23 bits per heavy atom. The minimum Gasteiger partial charge on any atom is -0.370 e. The van der Waals surface area contributed by atoms with Crippen molar-refractivity contribution < 1.29 is 4.74 Å². The molecule has 1 aliphatic heterocycles. The molecule has 30 heavy (non-hydrogen) atoms. The fraction of sp³-hybridized carbons (Fsp3) is 0.348. The summed E-state index contributed by atoms with van der Waals surface area (Å²) in [5, 5.41) is 7.74. The van der Waals surface area contributed by atoms with Gasteiger partial charge in [-0.15, -0.1) is 0 Å². The Kier molecular flexibility index (Phi) is 6.09. The van der Waals surface area contributed by atoms with Gasteiger partial charge in [0.05, 0.1) is 13.2 Å². The SMILES string of the molecule is CN=C(NCc1ccnc(-n2cccn2)c1)N1CCOC(c2ccc(C)cc2C)C1. The first-order valence-electron chi connectivity index (χ1n) is 10.2. The van der Waals surface area contributed by atoms with E-state index in [1.54, 1.807) is 10.9 Å². The summed E-state index contributed by atoms with van der Waals surface area (Å²) in [6.45, 7) is 7.20. The number of guanidine groups is 1. The maximum absolute atomic E-state index is 6.09. The topological polar surface area (TPSA) is 67.6 Å². The minimum absolute atomic E-state index is 0.0465. The van der Waals surface area contributed by atoms with Crippen LogP contribution in [0.4, 0.5) is 0 Å². The van der Waals surface area contributed by atoms with Crippen molar-refractivity contribution in [1.29, 1.82) is 0 Å². The van der Waals surface area contributed by atoms with Crippen LogP contribution in [0.2, 0.25) is 0 Å². The van der Waals surface area contributed by atoms with Gasteiger partial charge in [-0.2, -0.15) is 5.10 Å². The molecular weight excluding hydrogens is 376 g/mol. The summed E-state index contributed by atoms with van der Waals surface area (Å²) in [5.74, 6) is 1.68. The first kappa shape index (κ1) is 20.1. The smallest absolute Gasteiger partial charge is 0.194 e. The Morgan fingerprint density at radius 2 is 2.13 bits per heavy atom. The van der Waals surface area contributed by atoms with Gasteiger partial charge in [-0.1, -0.05) is 23.8 Å². The summed E-state index contributed by atoms with van der Waals surface area (Å²) in [7, 11) is 1.83. The lowest BCUT2D eigenvalue weighted by Crippen LogP contribution is -2.48. The maximum Gasteiger partial charge on any atom is 0.194 e. The highest BCUT2D eigenvalue weighted by Crippen LogP contribution is 2.26. The van der Waals surface area contributed by atoms with E-state index in [9.17, 15) is 0 Å². The Balaban J connectivity index is 1.42. The van der Waals surface area contributed by atoms with Gasteiger partial charge in [-0.3, -0.25) is 4.99 Å². The highest BCUT2D eigenvalue weighted by atomic mass is 16.5. The molecule has 1 saturated heterocycles. The van der Waals surface area contributed by atoms with Crippen LogP contribution in [0.3, 0.4) is 0 Å². The van der Waals surface area contributed by atoms with Crippen molar-refractivity contribution in [3.63, 3.8) is 0 Å². The number of hydrogen-bond donors (Lipinski definition) is 1. The molecule has 156 valence electrons. The van der Waals surface area contributed by atoms with Crippen LogP contribution in [-0.2, 0) is 11.3 Å². The third kappa shape index (κ3) is 4.52. The third-order valence-corrected chi connectivity index (χ3v) is 5.35. The Bertz CT molecular complexity index is 1010. The van der Waals surface area contributed by atoms with Crippen molar-refractivity contribution in [1.82, 2.24) is 25.0 Å². The number of aryl methyl sites for hydroxylation is 2. The predicted octanol–water partition coefficient (Wildman–Crippen LogP) is 3.03. The number of pyridine rings is 1. The van der Waals surface area contributed by atoms with Crippen LogP contribution in [0.25, 0.3) is 5.82 Å². The molecule has 0 amide bonds. The second-order valence-electron chi connectivity index (χ2n) is 7.54. The monoisotopic (exact) mass is 404 g/mol. The van der Waals surface area contributed by atoms with Gasteiger partial charge >= 0.3 is 0 Å². The quantitative estimate of drug-likeness (QED) is 0.535. The average Bonchev–Trinajstić information content (AvgIpc) is 3.30. The van der Waals surface area contributed by atoms with E-state index in [-0.39, 0.29) is 6.10 Å². The van der Waals surface area contributed by atoms with Crippen LogP contribution in [0.1, 0.15) is 28.4 Å². The number of hydrogen-bond acceptors (Lipinski definition) is 4. The van der Waals surface area contributed by atoms with Gasteiger partial charge in [0.15, 0.2) is 11.8 Å². The number of rotatable bonds is 4. The summed E-state index contributed by atoms with van der Waals surface area (Å²) in [6, 6.07) is 12.5. The van der Waals surface area contributed by atoms with E-state index in [0.717, 1.165) is 30.4 Å². The number of aromatic nitrogens is 3. The predicted molar refractivity (Wildman–Crippen MR) is 118 cm³/mol. The van der Waals surface area contributed by atoms with Crippen LogP contribution in [-0.4, -0.2) is 52.4 Å². The molecule has 0 bridgehead atoms. The van der Waals surface area contributed by atoms with Gasteiger partial charge in [-0.05, 0) is 48.7 Å². The summed E-state index contributed by atoms with van der Waals surface area (Å²) in [5.41, 5.74) is 4.91. The summed E-state index contributed by atoms with van der Waals surface area (Å²) < 4.78 is 7.85. The van der Waals surface area contributed by atoms with Crippen LogP contribution in [0, 0.1) is 13.8 Å². The van der Waals surface area contributed by atoms with E-state index < -0.39 is 0 Å². The molecule has 1 aliphatic rings. The molecule has 0 radical (unpaired) electrons. The minimum atomic E-state index is 0.0465. The molecule has 1 aromatic carbocycles. The molecule has 7 heteroatoms. The molecule has 2 aromatic heterocycles. The zero-order chi connectivity index (χ0) is 20.9. The van der Waals surface area contributed by atoms with Crippen molar-refractivity contribution in [2.75, 3.05) is 26.7 Å². The second-order valence-corrected chi connectivity index (χ2v) is 7.54. The Hall–Kier alpha value is -3.19. The molecular formula is C23H28N6O. The molecule has 0 aliphatic carbocycles. The third-order valence-electron chi connectivity index (χ3n) is 5.35. The molecule has 3 aromatic rings. The van der Waals surface area contributed by atoms with Gasteiger partial charge in [-0.25, -0.2) is 9.67 Å². The number of morpholine rings is 1. The zero-order valence-corrected chi connectivity index (χ0v) is 17.7. The fourth-order valence-electron chi connectivity index (χ4n) is 3.83. The number of nitrogens with zero attached hydrogens (tertiary/aromatic N) is 5. The van der Waals surface area contributed by atoms with Crippen LogP contribution in [0.15, 0.2) is 60.0 Å². The van der Waals surface area contributed by atoms with Crippen molar-refractivity contribution in [2.24, 2.45) is 4.99 Å². The van der Waals surface area contributed by atoms with Gasteiger partial charge in [0, 0.05) is 38.7 Å². The van der Waals surface area contributed by atoms with Gasteiger partial charge < -0.3 is 15.0 Å². The molecule has 4 rings (SSSR count). The van der Waals surface area contributed by atoms with E-state index in [1.165, 1.54) is 16.7 Å². The van der Waals surface area contributed by atoms with Crippen molar-refractivity contribution in [3.05, 3.63) is 77.2 Å². The van der Waals surface area contributed by atoms with Gasteiger partial charge in [0.1, 0.15) is 6.10 Å². The highest BCUT2D eigenvalue weighted by molar-refractivity contribution is 5.80. The first-order chi connectivity index (χ1) is 14.6. The van der Waals surface area contributed by atoms with Gasteiger partial charge in [0.25, 0.3) is 0 Å². The van der Waals surface area contributed by atoms with E-state index in [4.69, 9.17) is 4.74 Å². The highest BCUT2D eigenvalue weighted by Gasteiger charge is 2.25.